The van der Waals surface area contributed by atoms with Crippen LogP contribution in [0.15, 0.2) is 53.0 Å². The minimum atomic E-state index is -1.02. The zero-order chi connectivity index (χ0) is 13.8. The Morgan fingerprint density at radius 3 is 2.47 bits per heavy atom. The van der Waals surface area contributed by atoms with Gasteiger partial charge in [-0.3, -0.25) is 0 Å². The summed E-state index contributed by atoms with van der Waals surface area (Å²) in [5, 5.41) is 9.29. The number of carboxylic acid groups (broad SMARTS) is 1. The van der Waals surface area contributed by atoms with Gasteiger partial charge in [0.2, 0.25) is 6.10 Å². The zero-order valence-electron chi connectivity index (χ0n) is 10.3. The molecular weight excluding hydrogens is 308 g/mol. The summed E-state index contributed by atoms with van der Waals surface area (Å²) in [7, 11) is 0. The molecule has 0 amide bonds. The summed E-state index contributed by atoms with van der Waals surface area (Å²) >= 11 is 3.38. The highest BCUT2D eigenvalue weighted by molar-refractivity contribution is 9.10. The van der Waals surface area contributed by atoms with Gasteiger partial charge >= 0.3 is 5.97 Å². The van der Waals surface area contributed by atoms with Crippen molar-refractivity contribution in [3.8, 4) is 5.75 Å². The van der Waals surface area contributed by atoms with E-state index in [1.807, 2.05) is 25.1 Å². The van der Waals surface area contributed by atoms with Gasteiger partial charge in [-0.2, -0.15) is 0 Å². The van der Waals surface area contributed by atoms with Crippen LogP contribution in [-0.4, -0.2) is 11.1 Å². The third kappa shape index (κ3) is 3.35. The lowest BCUT2D eigenvalue weighted by atomic mass is 10.1. The van der Waals surface area contributed by atoms with E-state index in [4.69, 9.17) is 4.74 Å². The molecule has 0 bridgehead atoms. The van der Waals surface area contributed by atoms with Crippen molar-refractivity contribution in [3.05, 3.63) is 64.1 Å². The number of ether oxygens (including phenoxy) is 1. The van der Waals surface area contributed by atoms with Crippen molar-refractivity contribution in [3.63, 3.8) is 0 Å². The first-order valence-electron chi connectivity index (χ1n) is 5.78. The van der Waals surface area contributed by atoms with Crippen LogP contribution in [0.3, 0.4) is 0 Å². The molecule has 2 rings (SSSR count). The van der Waals surface area contributed by atoms with Gasteiger partial charge in [0.1, 0.15) is 5.75 Å². The Hall–Kier alpha value is -1.81. The van der Waals surface area contributed by atoms with Crippen LogP contribution in [0.5, 0.6) is 5.75 Å². The molecule has 0 heterocycles. The van der Waals surface area contributed by atoms with Crippen molar-refractivity contribution in [2.45, 2.75) is 13.0 Å². The fraction of sp³-hybridized carbons (Fsp3) is 0.133. The van der Waals surface area contributed by atoms with E-state index in [0.717, 1.165) is 10.0 Å². The van der Waals surface area contributed by atoms with Gasteiger partial charge in [0.15, 0.2) is 0 Å². The first-order chi connectivity index (χ1) is 9.08. The first-order valence-corrected chi connectivity index (χ1v) is 6.58. The number of halogens is 1. The average molecular weight is 321 g/mol. The van der Waals surface area contributed by atoms with Crippen LogP contribution in [-0.2, 0) is 4.79 Å². The largest absolute Gasteiger partial charge is 0.478 e. The molecule has 1 unspecified atom stereocenters. The summed E-state index contributed by atoms with van der Waals surface area (Å²) < 4.78 is 6.35. The van der Waals surface area contributed by atoms with E-state index in [0.29, 0.717) is 11.3 Å². The number of hydrogen-bond acceptors (Lipinski definition) is 2. The molecule has 4 heteroatoms. The number of rotatable bonds is 4. The van der Waals surface area contributed by atoms with E-state index >= 15 is 0 Å². The Bertz CT molecular complexity index is 581. The minimum Gasteiger partial charge on any atom is -0.478 e. The van der Waals surface area contributed by atoms with Crippen LogP contribution in [0.1, 0.15) is 17.2 Å². The molecule has 0 aliphatic heterocycles. The van der Waals surface area contributed by atoms with Crippen molar-refractivity contribution < 1.29 is 14.6 Å². The number of benzene rings is 2. The number of aliphatic carboxylic acids is 1. The van der Waals surface area contributed by atoms with Gasteiger partial charge in [-0.1, -0.05) is 36.4 Å². The number of aryl methyl sites for hydroxylation is 1. The lowest BCUT2D eigenvalue weighted by Crippen LogP contribution is -2.18. The van der Waals surface area contributed by atoms with Gasteiger partial charge in [0.05, 0.1) is 4.47 Å². The van der Waals surface area contributed by atoms with Gasteiger partial charge in [0, 0.05) is 5.56 Å². The SMILES string of the molecule is Cc1ccc(OC(C(=O)O)c2ccccc2)c(Br)c1. The second kappa shape index (κ2) is 5.89. The molecule has 0 aliphatic carbocycles. The van der Waals surface area contributed by atoms with Gasteiger partial charge in [-0.05, 0) is 40.5 Å². The fourth-order valence-corrected chi connectivity index (χ4v) is 2.30. The predicted octanol–water partition coefficient (Wildman–Crippen LogP) is 3.96. The van der Waals surface area contributed by atoms with E-state index in [2.05, 4.69) is 15.9 Å². The van der Waals surface area contributed by atoms with Crippen LogP contribution in [0, 0.1) is 6.92 Å². The van der Waals surface area contributed by atoms with E-state index in [-0.39, 0.29) is 0 Å². The maximum Gasteiger partial charge on any atom is 0.349 e. The first kappa shape index (κ1) is 13.6. The summed E-state index contributed by atoms with van der Waals surface area (Å²) in [4.78, 5) is 11.3. The van der Waals surface area contributed by atoms with E-state index in [9.17, 15) is 9.90 Å². The molecule has 0 fully saturated rings. The normalized spacial score (nSPS) is 11.9. The topological polar surface area (TPSA) is 46.5 Å². The Labute approximate surface area is 120 Å². The van der Waals surface area contributed by atoms with Crippen LogP contribution in [0.25, 0.3) is 0 Å². The number of hydrogen-bond donors (Lipinski definition) is 1. The number of carboxylic acids is 1. The Morgan fingerprint density at radius 2 is 1.89 bits per heavy atom. The summed E-state index contributed by atoms with van der Waals surface area (Å²) in [6, 6.07) is 14.4. The minimum absolute atomic E-state index is 0.516. The molecule has 1 N–H and O–H groups in total. The van der Waals surface area contributed by atoms with E-state index in [1.165, 1.54) is 0 Å². The van der Waals surface area contributed by atoms with E-state index < -0.39 is 12.1 Å². The highest BCUT2D eigenvalue weighted by Crippen LogP contribution is 2.30. The number of carbonyl (C=O) groups is 1. The Kier molecular flexibility index (Phi) is 4.22. The molecule has 2 aromatic rings. The molecule has 2 aromatic carbocycles. The summed E-state index contributed by atoms with van der Waals surface area (Å²) in [6.45, 7) is 1.96. The lowest BCUT2D eigenvalue weighted by Gasteiger charge is -2.16. The summed E-state index contributed by atoms with van der Waals surface area (Å²) in [6.07, 6.45) is -1.01. The van der Waals surface area contributed by atoms with E-state index in [1.54, 1.807) is 30.3 Å². The maximum absolute atomic E-state index is 11.3. The van der Waals surface area contributed by atoms with Gasteiger partial charge in [-0.15, -0.1) is 0 Å². The van der Waals surface area contributed by atoms with Gasteiger partial charge < -0.3 is 9.84 Å². The fourth-order valence-electron chi connectivity index (χ4n) is 1.72. The molecule has 0 radical (unpaired) electrons. The van der Waals surface area contributed by atoms with Crippen molar-refractivity contribution in [1.82, 2.24) is 0 Å². The van der Waals surface area contributed by atoms with Crippen molar-refractivity contribution in [1.29, 1.82) is 0 Å². The Balaban J connectivity index is 2.29. The van der Waals surface area contributed by atoms with Crippen LogP contribution in [0.4, 0.5) is 0 Å². The molecule has 1 atom stereocenters. The second-order valence-electron chi connectivity index (χ2n) is 4.18. The molecule has 0 aliphatic rings. The standard InChI is InChI=1S/C15H13BrO3/c1-10-7-8-13(12(16)9-10)19-14(15(17)18)11-5-3-2-4-6-11/h2-9,14H,1H3,(H,17,18). The molecule has 0 spiro atoms. The highest BCUT2D eigenvalue weighted by atomic mass is 79.9. The molecule has 0 saturated carbocycles. The highest BCUT2D eigenvalue weighted by Gasteiger charge is 2.22. The van der Waals surface area contributed by atoms with Gasteiger partial charge in [0.25, 0.3) is 0 Å². The summed E-state index contributed by atoms with van der Waals surface area (Å²) in [5.41, 5.74) is 1.69. The second-order valence-corrected chi connectivity index (χ2v) is 5.04. The molecular formula is C15H13BrO3. The average Bonchev–Trinajstić information content (AvgIpc) is 2.38. The zero-order valence-corrected chi connectivity index (χ0v) is 11.9. The predicted molar refractivity (Wildman–Crippen MR) is 76.3 cm³/mol. The van der Waals surface area contributed by atoms with Gasteiger partial charge in [-0.25, -0.2) is 4.79 Å². The smallest absolute Gasteiger partial charge is 0.349 e. The summed E-state index contributed by atoms with van der Waals surface area (Å²) in [5.74, 6) is -0.500. The molecule has 0 saturated heterocycles. The van der Waals surface area contributed by atoms with Crippen LogP contribution in [0.2, 0.25) is 0 Å². The monoisotopic (exact) mass is 320 g/mol. The third-order valence-electron chi connectivity index (χ3n) is 2.66. The quantitative estimate of drug-likeness (QED) is 0.927. The van der Waals surface area contributed by atoms with Crippen molar-refractivity contribution >= 4 is 21.9 Å². The van der Waals surface area contributed by atoms with Crippen molar-refractivity contribution in [2.75, 3.05) is 0 Å². The van der Waals surface area contributed by atoms with Crippen LogP contribution >= 0.6 is 15.9 Å². The third-order valence-corrected chi connectivity index (χ3v) is 3.28. The molecule has 98 valence electrons. The maximum atomic E-state index is 11.3. The Morgan fingerprint density at radius 1 is 1.21 bits per heavy atom. The molecule has 3 nitrogen and oxygen atoms in total. The molecule has 0 aromatic heterocycles. The lowest BCUT2D eigenvalue weighted by molar-refractivity contribution is -0.145. The molecule has 19 heavy (non-hydrogen) atoms. The van der Waals surface area contributed by atoms with Crippen molar-refractivity contribution in [2.24, 2.45) is 0 Å². The van der Waals surface area contributed by atoms with Crippen LogP contribution < -0.4 is 4.74 Å².